The summed E-state index contributed by atoms with van der Waals surface area (Å²) in [6, 6.07) is 15.4. The first-order chi connectivity index (χ1) is 17.5. The van der Waals surface area contributed by atoms with Crippen LogP contribution in [0.3, 0.4) is 0 Å². The lowest BCUT2D eigenvalue weighted by atomic mass is 10.0. The van der Waals surface area contributed by atoms with Crippen molar-refractivity contribution in [3.63, 3.8) is 0 Å². The Morgan fingerprint density at radius 2 is 2.03 bits per heavy atom. The number of aromatic carboxylic acids is 1. The lowest BCUT2D eigenvalue weighted by molar-refractivity contribution is 0.0683. The number of rotatable bonds is 6. The summed E-state index contributed by atoms with van der Waals surface area (Å²) in [6.45, 7) is 2.29. The van der Waals surface area contributed by atoms with Crippen LogP contribution >= 0.6 is 15.9 Å². The molecule has 0 bridgehead atoms. The number of furan rings is 1. The molecule has 0 amide bonds. The Hall–Kier alpha value is -4.58. The second-order valence-electron chi connectivity index (χ2n) is 8.07. The fourth-order valence-corrected chi connectivity index (χ4v) is 4.76. The molecule has 0 unspecified atom stereocenters. The zero-order valence-corrected chi connectivity index (χ0v) is 20.3. The molecule has 0 saturated carbocycles. The number of imidazole rings is 1. The van der Waals surface area contributed by atoms with Crippen LogP contribution in [-0.2, 0) is 6.54 Å². The van der Waals surface area contributed by atoms with E-state index < -0.39 is 5.97 Å². The van der Waals surface area contributed by atoms with E-state index in [1.807, 2.05) is 49.4 Å². The minimum Gasteiger partial charge on any atom is -0.475 e. The van der Waals surface area contributed by atoms with Crippen molar-refractivity contribution in [2.24, 2.45) is 0 Å². The van der Waals surface area contributed by atoms with Gasteiger partial charge in [0.2, 0.25) is 11.6 Å². The van der Waals surface area contributed by atoms with E-state index in [2.05, 4.69) is 51.8 Å². The average molecular weight is 545 g/mol. The number of aromatic nitrogens is 7. The van der Waals surface area contributed by atoms with Gasteiger partial charge < -0.3 is 14.8 Å². The van der Waals surface area contributed by atoms with Gasteiger partial charge in [0, 0.05) is 34.8 Å². The van der Waals surface area contributed by atoms with E-state index in [0.717, 1.165) is 32.2 Å². The van der Waals surface area contributed by atoms with E-state index in [1.165, 1.54) is 10.6 Å². The van der Waals surface area contributed by atoms with Gasteiger partial charge in [-0.2, -0.15) is 5.21 Å². The van der Waals surface area contributed by atoms with Crippen LogP contribution in [0.4, 0.5) is 5.82 Å². The SMILES string of the molecule is Cc1cc(NCc2ccc3oc(-c4ccccc4-c4nn[nH]n4)c(Br)c3c2)n2c(C(=O)O)ncc2n1. The third-order valence-corrected chi connectivity index (χ3v) is 6.52. The number of halogens is 1. The highest BCUT2D eigenvalue weighted by Crippen LogP contribution is 2.41. The Labute approximate surface area is 211 Å². The topological polar surface area (TPSA) is 147 Å². The Bertz CT molecular complexity index is 1760. The summed E-state index contributed by atoms with van der Waals surface area (Å²) in [5.74, 6) is 0.501. The molecule has 4 aromatic heterocycles. The van der Waals surface area contributed by atoms with E-state index >= 15 is 0 Å². The number of fused-ring (bicyclic) bond motifs is 2. The van der Waals surface area contributed by atoms with Crippen molar-refractivity contribution < 1.29 is 14.3 Å². The van der Waals surface area contributed by atoms with E-state index in [1.54, 1.807) is 6.07 Å². The van der Waals surface area contributed by atoms with Gasteiger partial charge in [-0.15, -0.1) is 10.2 Å². The molecule has 0 aliphatic carbocycles. The number of tetrazole rings is 1. The number of carbonyl (C=O) groups is 1. The number of hydrogen-bond donors (Lipinski definition) is 3. The van der Waals surface area contributed by atoms with Gasteiger partial charge in [0.15, 0.2) is 5.65 Å². The minimum atomic E-state index is -1.12. The first-order valence-electron chi connectivity index (χ1n) is 10.9. The van der Waals surface area contributed by atoms with Crippen molar-refractivity contribution in [2.45, 2.75) is 13.5 Å². The largest absolute Gasteiger partial charge is 0.475 e. The molecule has 0 spiro atoms. The molecule has 11 nitrogen and oxygen atoms in total. The summed E-state index contributed by atoms with van der Waals surface area (Å²) in [6.07, 6.45) is 1.45. The predicted octanol–water partition coefficient (Wildman–Crippen LogP) is 4.70. The molecule has 6 rings (SSSR count). The van der Waals surface area contributed by atoms with Crippen molar-refractivity contribution in [3.8, 4) is 22.7 Å². The minimum absolute atomic E-state index is 0.0991. The molecule has 0 aliphatic rings. The zero-order valence-electron chi connectivity index (χ0n) is 18.7. The fraction of sp³-hybridized carbons (Fsp3) is 0.0833. The lowest BCUT2D eigenvalue weighted by Gasteiger charge is -2.11. The Kier molecular flexibility index (Phi) is 5.22. The van der Waals surface area contributed by atoms with Crippen LogP contribution in [0.1, 0.15) is 21.9 Å². The van der Waals surface area contributed by atoms with E-state index in [-0.39, 0.29) is 5.82 Å². The maximum absolute atomic E-state index is 11.6. The number of benzene rings is 2. The maximum Gasteiger partial charge on any atom is 0.372 e. The van der Waals surface area contributed by atoms with E-state index in [4.69, 9.17) is 4.42 Å². The van der Waals surface area contributed by atoms with Crippen molar-refractivity contribution >= 4 is 44.3 Å². The Balaban J connectivity index is 1.35. The molecule has 6 aromatic rings. The summed E-state index contributed by atoms with van der Waals surface area (Å²) in [4.78, 5) is 20.0. The van der Waals surface area contributed by atoms with Gasteiger partial charge in [-0.25, -0.2) is 14.8 Å². The Morgan fingerprint density at radius 3 is 2.81 bits per heavy atom. The van der Waals surface area contributed by atoms with Crippen molar-refractivity contribution in [3.05, 3.63) is 76.3 Å². The predicted molar refractivity (Wildman–Crippen MR) is 135 cm³/mol. The standard InChI is InChI=1S/C24H17BrN8O3/c1-12-8-18(33-19(28-12)11-27-23(33)24(34)35)26-10-13-6-7-17-16(9-13)20(25)21(36-17)14-4-2-3-5-15(14)22-29-31-32-30-22/h2-9,11,26H,10H2,1H3,(H,34,35)(H,29,30,31,32). The fourth-order valence-electron chi connectivity index (χ4n) is 4.16. The van der Waals surface area contributed by atoms with Gasteiger partial charge in [-0.05, 0) is 45.8 Å². The third-order valence-electron chi connectivity index (χ3n) is 5.74. The van der Waals surface area contributed by atoms with Crippen molar-refractivity contribution in [1.82, 2.24) is 35.0 Å². The molecular formula is C24H17BrN8O3. The number of aryl methyl sites for hydroxylation is 1. The van der Waals surface area contributed by atoms with Gasteiger partial charge in [-0.3, -0.25) is 4.40 Å². The first kappa shape index (κ1) is 21.9. The first-order valence-corrected chi connectivity index (χ1v) is 11.7. The number of hydrogen-bond acceptors (Lipinski definition) is 8. The van der Waals surface area contributed by atoms with Crippen LogP contribution in [0.2, 0.25) is 0 Å². The summed E-state index contributed by atoms with van der Waals surface area (Å²) in [5, 5.41) is 28.1. The van der Waals surface area contributed by atoms with Crippen LogP contribution < -0.4 is 5.32 Å². The highest BCUT2D eigenvalue weighted by atomic mass is 79.9. The van der Waals surface area contributed by atoms with Gasteiger partial charge in [0.1, 0.15) is 17.2 Å². The molecule has 0 aliphatic heterocycles. The van der Waals surface area contributed by atoms with Crippen LogP contribution in [0.15, 0.2) is 63.6 Å². The number of anilines is 1. The highest BCUT2D eigenvalue weighted by molar-refractivity contribution is 9.10. The molecule has 12 heteroatoms. The second-order valence-corrected chi connectivity index (χ2v) is 8.87. The van der Waals surface area contributed by atoms with Crippen LogP contribution in [0, 0.1) is 6.92 Å². The number of carboxylic acids is 1. The molecule has 2 aromatic carbocycles. The maximum atomic E-state index is 11.6. The number of aromatic amines is 1. The molecule has 0 atom stereocenters. The van der Waals surface area contributed by atoms with E-state index in [0.29, 0.717) is 35.2 Å². The molecule has 4 heterocycles. The number of nitrogens with zero attached hydrogens (tertiary/aromatic N) is 6. The quantitative estimate of drug-likeness (QED) is 0.271. The summed E-state index contributed by atoms with van der Waals surface area (Å²) in [7, 11) is 0. The monoisotopic (exact) mass is 544 g/mol. The van der Waals surface area contributed by atoms with Gasteiger partial charge >= 0.3 is 5.97 Å². The molecule has 36 heavy (non-hydrogen) atoms. The molecule has 0 saturated heterocycles. The summed E-state index contributed by atoms with van der Waals surface area (Å²) < 4.78 is 8.51. The van der Waals surface area contributed by atoms with Crippen LogP contribution in [0.5, 0.6) is 0 Å². The van der Waals surface area contributed by atoms with Crippen molar-refractivity contribution in [2.75, 3.05) is 5.32 Å². The third kappa shape index (κ3) is 3.67. The van der Waals surface area contributed by atoms with E-state index in [9.17, 15) is 9.90 Å². The van der Waals surface area contributed by atoms with Gasteiger partial charge in [0.05, 0.1) is 10.7 Å². The van der Waals surface area contributed by atoms with Crippen molar-refractivity contribution in [1.29, 1.82) is 0 Å². The smallest absolute Gasteiger partial charge is 0.372 e. The molecule has 0 fully saturated rings. The lowest BCUT2D eigenvalue weighted by Crippen LogP contribution is -2.11. The van der Waals surface area contributed by atoms with Crippen LogP contribution in [0.25, 0.3) is 39.3 Å². The summed E-state index contributed by atoms with van der Waals surface area (Å²) in [5.41, 5.74) is 4.53. The van der Waals surface area contributed by atoms with Gasteiger partial charge in [0.25, 0.3) is 0 Å². The highest BCUT2D eigenvalue weighted by Gasteiger charge is 2.20. The zero-order chi connectivity index (χ0) is 24.8. The summed E-state index contributed by atoms with van der Waals surface area (Å²) >= 11 is 3.71. The van der Waals surface area contributed by atoms with Crippen LogP contribution in [-0.4, -0.2) is 46.1 Å². The average Bonchev–Trinajstić information content (AvgIpc) is 3.62. The number of carboxylic acid groups (broad SMARTS) is 1. The molecule has 3 N–H and O–H groups in total. The Morgan fingerprint density at radius 1 is 1.19 bits per heavy atom. The molecular weight excluding hydrogens is 528 g/mol. The molecule has 0 radical (unpaired) electrons. The second kappa shape index (κ2) is 8.57. The normalized spacial score (nSPS) is 11.4. The number of nitrogens with one attached hydrogen (secondary N) is 2. The number of H-pyrrole nitrogens is 1. The molecule has 178 valence electrons. The van der Waals surface area contributed by atoms with Gasteiger partial charge in [-0.1, -0.05) is 30.3 Å².